The van der Waals surface area contributed by atoms with Crippen molar-refractivity contribution in [1.29, 1.82) is 0 Å². The van der Waals surface area contributed by atoms with Crippen LogP contribution in [-0.4, -0.2) is 37.0 Å². The quantitative estimate of drug-likeness (QED) is 0.825. The van der Waals surface area contributed by atoms with Gasteiger partial charge in [-0.05, 0) is 38.3 Å². The third-order valence-electron chi connectivity index (χ3n) is 4.28. The summed E-state index contributed by atoms with van der Waals surface area (Å²) in [7, 11) is 0. The van der Waals surface area contributed by atoms with Crippen LogP contribution in [0.4, 0.5) is 0 Å². The van der Waals surface area contributed by atoms with Crippen molar-refractivity contribution in [3.05, 3.63) is 24.2 Å². The van der Waals surface area contributed by atoms with Gasteiger partial charge in [-0.1, -0.05) is 0 Å². The summed E-state index contributed by atoms with van der Waals surface area (Å²) in [5.74, 6) is 0.119. The SMILES string of the molecule is O=C(c1ccoc1)N1CCCC2(CCCNC2)C1. The number of amides is 1. The molecule has 0 aliphatic carbocycles. The molecule has 0 saturated carbocycles. The molecular weight excluding hydrogens is 228 g/mol. The Bertz CT molecular complexity index is 402. The number of furan rings is 1. The molecule has 1 amide bonds. The molecule has 2 fully saturated rings. The fraction of sp³-hybridized carbons (Fsp3) is 0.643. The number of hydrogen-bond donors (Lipinski definition) is 1. The van der Waals surface area contributed by atoms with Crippen LogP contribution in [0.25, 0.3) is 0 Å². The normalized spacial score (nSPS) is 28.6. The minimum Gasteiger partial charge on any atom is -0.472 e. The second-order valence-corrected chi connectivity index (χ2v) is 5.62. The van der Waals surface area contributed by atoms with Crippen LogP contribution in [0.15, 0.2) is 23.0 Å². The van der Waals surface area contributed by atoms with E-state index in [2.05, 4.69) is 5.32 Å². The second-order valence-electron chi connectivity index (χ2n) is 5.62. The van der Waals surface area contributed by atoms with E-state index in [0.29, 0.717) is 11.0 Å². The summed E-state index contributed by atoms with van der Waals surface area (Å²) in [5.41, 5.74) is 0.992. The van der Waals surface area contributed by atoms with Crippen LogP contribution in [0, 0.1) is 5.41 Å². The lowest BCUT2D eigenvalue weighted by atomic mass is 9.74. The number of rotatable bonds is 1. The van der Waals surface area contributed by atoms with Gasteiger partial charge in [0.1, 0.15) is 6.26 Å². The molecule has 2 saturated heterocycles. The topological polar surface area (TPSA) is 45.5 Å². The first-order valence-corrected chi connectivity index (χ1v) is 6.81. The Hall–Kier alpha value is -1.29. The van der Waals surface area contributed by atoms with Gasteiger partial charge in [-0.2, -0.15) is 0 Å². The van der Waals surface area contributed by atoms with E-state index in [1.807, 2.05) is 4.90 Å². The lowest BCUT2D eigenvalue weighted by molar-refractivity contribution is 0.0433. The molecule has 0 radical (unpaired) electrons. The van der Waals surface area contributed by atoms with Gasteiger partial charge in [0.2, 0.25) is 0 Å². The van der Waals surface area contributed by atoms with E-state index in [1.165, 1.54) is 19.3 Å². The molecule has 3 rings (SSSR count). The number of nitrogens with zero attached hydrogens (tertiary/aromatic N) is 1. The molecule has 1 aromatic rings. The molecule has 1 unspecified atom stereocenters. The van der Waals surface area contributed by atoms with Crippen molar-refractivity contribution in [2.24, 2.45) is 5.41 Å². The first kappa shape index (κ1) is 11.8. The molecule has 2 aliphatic heterocycles. The average molecular weight is 248 g/mol. The molecule has 0 bridgehead atoms. The van der Waals surface area contributed by atoms with Crippen LogP contribution < -0.4 is 5.32 Å². The minimum absolute atomic E-state index is 0.119. The summed E-state index contributed by atoms with van der Waals surface area (Å²) in [6.45, 7) is 3.95. The van der Waals surface area contributed by atoms with E-state index in [9.17, 15) is 4.79 Å². The predicted octanol–water partition coefficient (Wildman–Crippen LogP) is 1.89. The van der Waals surface area contributed by atoms with Crippen LogP contribution in [-0.2, 0) is 0 Å². The Labute approximate surface area is 107 Å². The van der Waals surface area contributed by atoms with Gasteiger partial charge < -0.3 is 14.6 Å². The number of hydrogen-bond acceptors (Lipinski definition) is 3. The van der Waals surface area contributed by atoms with E-state index in [0.717, 1.165) is 32.6 Å². The highest BCUT2D eigenvalue weighted by Gasteiger charge is 2.38. The Morgan fingerprint density at radius 2 is 2.28 bits per heavy atom. The fourth-order valence-electron chi connectivity index (χ4n) is 3.33. The van der Waals surface area contributed by atoms with Gasteiger partial charge >= 0.3 is 0 Å². The molecule has 3 heterocycles. The van der Waals surface area contributed by atoms with Crippen LogP contribution >= 0.6 is 0 Å². The van der Waals surface area contributed by atoms with Crippen LogP contribution in [0.5, 0.6) is 0 Å². The van der Waals surface area contributed by atoms with E-state index in [1.54, 1.807) is 18.6 Å². The van der Waals surface area contributed by atoms with Gasteiger partial charge in [-0.3, -0.25) is 4.79 Å². The monoisotopic (exact) mass is 248 g/mol. The molecule has 2 aliphatic rings. The van der Waals surface area contributed by atoms with Gasteiger partial charge in [0, 0.05) is 25.0 Å². The van der Waals surface area contributed by atoms with Crippen LogP contribution in [0.1, 0.15) is 36.0 Å². The highest BCUT2D eigenvalue weighted by Crippen LogP contribution is 2.36. The first-order valence-electron chi connectivity index (χ1n) is 6.81. The number of carbonyl (C=O) groups excluding carboxylic acids is 1. The van der Waals surface area contributed by atoms with Crippen molar-refractivity contribution in [3.8, 4) is 0 Å². The van der Waals surface area contributed by atoms with Crippen LogP contribution in [0.2, 0.25) is 0 Å². The van der Waals surface area contributed by atoms with Gasteiger partial charge in [0.25, 0.3) is 5.91 Å². The zero-order chi connectivity index (χ0) is 12.4. The zero-order valence-electron chi connectivity index (χ0n) is 10.7. The lowest BCUT2D eigenvalue weighted by Crippen LogP contribution is -2.52. The van der Waals surface area contributed by atoms with Gasteiger partial charge in [-0.25, -0.2) is 0 Å². The molecule has 4 nitrogen and oxygen atoms in total. The van der Waals surface area contributed by atoms with E-state index >= 15 is 0 Å². The summed E-state index contributed by atoms with van der Waals surface area (Å²) in [6, 6.07) is 1.75. The first-order chi connectivity index (χ1) is 8.79. The smallest absolute Gasteiger partial charge is 0.257 e. The van der Waals surface area contributed by atoms with E-state index in [4.69, 9.17) is 4.42 Å². The minimum atomic E-state index is 0.119. The van der Waals surface area contributed by atoms with Gasteiger partial charge in [-0.15, -0.1) is 0 Å². The molecule has 4 heteroatoms. The third-order valence-corrected chi connectivity index (χ3v) is 4.28. The number of carbonyl (C=O) groups is 1. The highest BCUT2D eigenvalue weighted by molar-refractivity contribution is 5.93. The average Bonchev–Trinajstić information content (AvgIpc) is 2.93. The molecule has 98 valence electrons. The lowest BCUT2D eigenvalue weighted by Gasteiger charge is -2.45. The predicted molar refractivity (Wildman–Crippen MR) is 68.4 cm³/mol. The standard InChI is InChI=1S/C14H20N2O2/c17-13(12-3-8-18-9-12)16-7-2-5-14(11-16)4-1-6-15-10-14/h3,8-9,15H,1-2,4-7,10-11H2. The van der Waals surface area contributed by atoms with Crippen LogP contribution in [0.3, 0.4) is 0 Å². The Morgan fingerprint density at radius 1 is 1.39 bits per heavy atom. The number of piperidine rings is 2. The summed E-state index contributed by atoms with van der Waals surface area (Å²) < 4.78 is 5.00. The Balaban J connectivity index is 1.72. The maximum Gasteiger partial charge on any atom is 0.257 e. The maximum atomic E-state index is 12.3. The summed E-state index contributed by atoms with van der Waals surface area (Å²) in [4.78, 5) is 14.3. The van der Waals surface area contributed by atoms with Gasteiger partial charge in [0.05, 0.1) is 11.8 Å². The van der Waals surface area contributed by atoms with Crippen molar-refractivity contribution >= 4 is 5.91 Å². The molecular formula is C14H20N2O2. The van der Waals surface area contributed by atoms with Crippen molar-refractivity contribution in [3.63, 3.8) is 0 Å². The van der Waals surface area contributed by atoms with Crippen molar-refractivity contribution in [1.82, 2.24) is 10.2 Å². The Morgan fingerprint density at radius 3 is 3.00 bits per heavy atom. The van der Waals surface area contributed by atoms with Crippen molar-refractivity contribution in [2.75, 3.05) is 26.2 Å². The largest absolute Gasteiger partial charge is 0.472 e. The van der Waals surface area contributed by atoms with Crippen molar-refractivity contribution in [2.45, 2.75) is 25.7 Å². The van der Waals surface area contributed by atoms with Crippen molar-refractivity contribution < 1.29 is 9.21 Å². The third kappa shape index (κ3) is 2.17. The summed E-state index contributed by atoms with van der Waals surface area (Å²) in [5, 5.41) is 3.48. The highest BCUT2D eigenvalue weighted by atomic mass is 16.3. The zero-order valence-corrected chi connectivity index (χ0v) is 10.7. The second kappa shape index (κ2) is 4.76. The Kier molecular flexibility index (Phi) is 3.12. The fourth-order valence-corrected chi connectivity index (χ4v) is 3.33. The summed E-state index contributed by atoms with van der Waals surface area (Å²) in [6.07, 6.45) is 7.95. The molecule has 1 atom stereocenters. The number of likely N-dealkylation sites (tertiary alicyclic amines) is 1. The maximum absolute atomic E-state index is 12.3. The molecule has 18 heavy (non-hydrogen) atoms. The molecule has 1 N–H and O–H groups in total. The summed E-state index contributed by atoms with van der Waals surface area (Å²) >= 11 is 0. The molecule has 1 spiro atoms. The van der Waals surface area contributed by atoms with E-state index < -0.39 is 0 Å². The van der Waals surface area contributed by atoms with Gasteiger partial charge in [0.15, 0.2) is 0 Å². The number of nitrogens with one attached hydrogen (secondary N) is 1. The molecule has 1 aromatic heterocycles. The van der Waals surface area contributed by atoms with E-state index in [-0.39, 0.29) is 5.91 Å². The molecule has 0 aromatic carbocycles.